The van der Waals surface area contributed by atoms with Crippen molar-refractivity contribution in [2.75, 3.05) is 12.4 Å². The number of benzene rings is 1. The summed E-state index contributed by atoms with van der Waals surface area (Å²) in [5, 5.41) is 0. The molecule has 1 aliphatic rings. The van der Waals surface area contributed by atoms with E-state index in [1.165, 1.54) is 12.1 Å². The van der Waals surface area contributed by atoms with E-state index in [2.05, 4.69) is 0 Å². The molecule has 1 aromatic rings. The monoisotopic (exact) mass is 301 g/mol. The van der Waals surface area contributed by atoms with Crippen LogP contribution in [0.5, 0.6) is 0 Å². The minimum absolute atomic E-state index is 0.0949. The number of amides is 1. The quantitative estimate of drug-likeness (QED) is 0.736. The highest BCUT2D eigenvalue weighted by atomic mass is 35.5. The molecule has 1 aromatic carbocycles. The van der Waals surface area contributed by atoms with Crippen molar-refractivity contribution >= 4 is 17.5 Å². The van der Waals surface area contributed by atoms with E-state index in [-0.39, 0.29) is 23.9 Å². The molecule has 0 bridgehead atoms. The Balaban J connectivity index is 2.05. The van der Waals surface area contributed by atoms with E-state index in [0.29, 0.717) is 12.4 Å². The second-order valence-electron chi connectivity index (χ2n) is 5.10. The molecule has 0 heterocycles. The Hall–Kier alpha value is -1.16. The molecule has 1 fully saturated rings. The maximum atomic E-state index is 13.6. The van der Waals surface area contributed by atoms with Gasteiger partial charge in [0.05, 0.1) is 6.42 Å². The molecule has 5 heteroatoms. The summed E-state index contributed by atoms with van der Waals surface area (Å²) in [5.41, 5.74) is 0.116. The van der Waals surface area contributed by atoms with Gasteiger partial charge in [-0.25, -0.2) is 8.78 Å². The zero-order chi connectivity index (χ0) is 14.5. The first-order valence-corrected chi connectivity index (χ1v) is 7.45. The summed E-state index contributed by atoms with van der Waals surface area (Å²) in [5.74, 6) is -1.49. The fraction of sp³-hybridized carbons (Fsp3) is 0.533. The van der Waals surface area contributed by atoms with Gasteiger partial charge in [0.1, 0.15) is 0 Å². The summed E-state index contributed by atoms with van der Waals surface area (Å²) in [6.07, 6.45) is 3.71. The van der Waals surface area contributed by atoms with Crippen molar-refractivity contribution in [3.05, 3.63) is 35.4 Å². The molecule has 0 spiro atoms. The van der Waals surface area contributed by atoms with E-state index in [4.69, 9.17) is 11.6 Å². The van der Waals surface area contributed by atoms with Gasteiger partial charge in [0, 0.05) is 24.0 Å². The predicted molar refractivity (Wildman–Crippen MR) is 74.8 cm³/mol. The molecular formula is C15H18ClF2NO. The molecule has 1 aliphatic carbocycles. The number of carbonyl (C=O) groups is 1. The van der Waals surface area contributed by atoms with Gasteiger partial charge in [0.2, 0.25) is 5.91 Å². The predicted octanol–water partition coefficient (Wildman–Crippen LogP) is 3.52. The first-order chi connectivity index (χ1) is 9.63. The first kappa shape index (κ1) is 15.2. The molecule has 0 saturated heterocycles. The first-order valence-electron chi connectivity index (χ1n) is 6.92. The zero-order valence-corrected chi connectivity index (χ0v) is 12.0. The lowest BCUT2D eigenvalue weighted by Gasteiger charge is -2.37. The van der Waals surface area contributed by atoms with Crippen LogP contribution in [0.2, 0.25) is 0 Å². The lowest BCUT2D eigenvalue weighted by molar-refractivity contribution is -0.134. The number of nitrogens with zero attached hydrogens (tertiary/aromatic N) is 1. The van der Waals surface area contributed by atoms with Crippen molar-refractivity contribution in [2.24, 2.45) is 0 Å². The molecule has 1 saturated carbocycles. The Kier molecular flexibility index (Phi) is 5.35. The standard InChI is InChI=1S/C15H18ClF2NO/c16-8-3-9-19(12-5-2-6-12)14(20)10-11-4-1-7-13(17)15(11)18/h1,4,7,12H,2-3,5-6,8-10H2. The summed E-state index contributed by atoms with van der Waals surface area (Å²) < 4.78 is 26.8. The van der Waals surface area contributed by atoms with Crippen molar-refractivity contribution in [3.63, 3.8) is 0 Å². The van der Waals surface area contributed by atoms with Crippen LogP contribution in [0.3, 0.4) is 0 Å². The number of hydrogen-bond acceptors (Lipinski definition) is 1. The topological polar surface area (TPSA) is 20.3 Å². The molecule has 20 heavy (non-hydrogen) atoms. The van der Waals surface area contributed by atoms with Crippen LogP contribution in [-0.2, 0) is 11.2 Å². The van der Waals surface area contributed by atoms with Crippen LogP contribution in [0.15, 0.2) is 18.2 Å². The van der Waals surface area contributed by atoms with E-state index in [1.807, 2.05) is 0 Å². The largest absolute Gasteiger partial charge is 0.339 e. The van der Waals surface area contributed by atoms with Gasteiger partial charge in [-0.1, -0.05) is 12.1 Å². The molecular weight excluding hydrogens is 284 g/mol. The van der Waals surface area contributed by atoms with Crippen LogP contribution in [0.1, 0.15) is 31.2 Å². The summed E-state index contributed by atoms with van der Waals surface area (Å²) in [4.78, 5) is 14.1. The Morgan fingerprint density at radius 2 is 2.10 bits per heavy atom. The summed E-state index contributed by atoms with van der Waals surface area (Å²) in [6.45, 7) is 0.587. The van der Waals surface area contributed by atoms with Gasteiger partial charge in [-0.3, -0.25) is 4.79 Å². The van der Waals surface area contributed by atoms with Gasteiger partial charge < -0.3 is 4.90 Å². The minimum atomic E-state index is -0.924. The minimum Gasteiger partial charge on any atom is -0.339 e. The number of rotatable bonds is 6. The van der Waals surface area contributed by atoms with E-state index < -0.39 is 11.6 Å². The van der Waals surface area contributed by atoms with Crippen LogP contribution in [0.25, 0.3) is 0 Å². The van der Waals surface area contributed by atoms with Gasteiger partial charge in [0.15, 0.2) is 11.6 Å². The number of hydrogen-bond donors (Lipinski definition) is 0. The highest BCUT2D eigenvalue weighted by molar-refractivity contribution is 6.17. The fourth-order valence-corrected chi connectivity index (χ4v) is 2.51. The third-order valence-corrected chi connectivity index (χ3v) is 4.01. The van der Waals surface area contributed by atoms with Crippen LogP contribution in [0.4, 0.5) is 8.78 Å². The second kappa shape index (κ2) is 7.02. The molecule has 110 valence electrons. The maximum Gasteiger partial charge on any atom is 0.227 e. The van der Waals surface area contributed by atoms with Crippen molar-refractivity contribution in [1.29, 1.82) is 0 Å². The zero-order valence-electron chi connectivity index (χ0n) is 11.2. The van der Waals surface area contributed by atoms with Crippen molar-refractivity contribution in [1.82, 2.24) is 4.90 Å². The summed E-state index contributed by atoms with van der Waals surface area (Å²) >= 11 is 5.67. The Labute approximate surface area is 122 Å². The van der Waals surface area contributed by atoms with Crippen LogP contribution in [0, 0.1) is 11.6 Å². The van der Waals surface area contributed by atoms with Crippen molar-refractivity contribution in [3.8, 4) is 0 Å². The normalized spacial score (nSPS) is 14.9. The van der Waals surface area contributed by atoms with Crippen molar-refractivity contribution in [2.45, 2.75) is 38.1 Å². The SMILES string of the molecule is O=C(Cc1cccc(F)c1F)N(CCCCl)C1CCC1. The Morgan fingerprint density at radius 3 is 2.70 bits per heavy atom. The Morgan fingerprint density at radius 1 is 1.35 bits per heavy atom. The molecule has 0 atom stereocenters. The fourth-order valence-electron chi connectivity index (χ4n) is 2.39. The average Bonchev–Trinajstić information content (AvgIpc) is 2.37. The van der Waals surface area contributed by atoms with E-state index in [0.717, 1.165) is 31.7 Å². The van der Waals surface area contributed by atoms with Crippen molar-refractivity contribution < 1.29 is 13.6 Å². The molecule has 0 radical (unpaired) electrons. The number of carbonyl (C=O) groups excluding carboxylic acids is 1. The third kappa shape index (κ3) is 3.48. The van der Waals surface area contributed by atoms with Crippen LogP contribution >= 0.6 is 11.6 Å². The maximum absolute atomic E-state index is 13.6. The molecule has 2 nitrogen and oxygen atoms in total. The molecule has 1 amide bonds. The highest BCUT2D eigenvalue weighted by Gasteiger charge is 2.28. The molecule has 0 N–H and O–H groups in total. The second-order valence-corrected chi connectivity index (χ2v) is 5.48. The van der Waals surface area contributed by atoms with Gasteiger partial charge in [-0.15, -0.1) is 11.6 Å². The van der Waals surface area contributed by atoms with Gasteiger partial charge in [-0.2, -0.15) is 0 Å². The van der Waals surface area contributed by atoms with E-state index >= 15 is 0 Å². The van der Waals surface area contributed by atoms with E-state index in [1.54, 1.807) is 4.90 Å². The van der Waals surface area contributed by atoms with Gasteiger partial charge >= 0.3 is 0 Å². The van der Waals surface area contributed by atoms with E-state index in [9.17, 15) is 13.6 Å². The van der Waals surface area contributed by atoms with Crippen LogP contribution in [-0.4, -0.2) is 29.3 Å². The lowest BCUT2D eigenvalue weighted by Crippen LogP contribution is -2.45. The summed E-state index contributed by atoms with van der Waals surface area (Å²) in [6, 6.07) is 4.17. The lowest BCUT2D eigenvalue weighted by atomic mass is 9.91. The third-order valence-electron chi connectivity index (χ3n) is 3.74. The molecule has 0 aromatic heterocycles. The summed E-state index contributed by atoms with van der Waals surface area (Å²) in [7, 11) is 0. The number of alkyl halides is 1. The average molecular weight is 302 g/mol. The highest BCUT2D eigenvalue weighted by Crippen LogP contribution is 2.26. The molecule has 0 unspecified atom stereocenters. The number of halogens is 3. The smallest absolute Gasteiger partial charge is 0.227 e. The molecule has 0 aliphatic heterocycles. The van der Waals surface area contributed by atoms with Gasteiger partial charge in [0.25, 0.3) is 0 Å². The van der Waals surface area contributed by atoms with Crippen LogP contribution < -0.4 is 0 Å². The van der Waals surface area contributed by atoms with Gasteiger partial charge in [-0.05, 0) is 31.7 Å². The molecule has 2 rings (SSSR count). The Bertz CT molecular complexity index is 477.